The number of para-hydroxylation sites is 1. The van der Waals surface area contributed by atoms with E-state index in [0.29, 0.717) is 5.33 Å². The Bertz CT molecular complexity index is 633. The molecule has 8 nitrogen and oxygen atoms in total. The molecule has 0 amide bonds. The minimum Gasteiger partial charge on any atom is -0.468 e. The molecular formula is C11H13BrN2O6S. The van der Waals surface area contributed by atoms with Gasteiger partial charge in [0.05, 0.1) is 12.0 Å². The Hall–Kier alpha value is -1.52. The maximum absolute atomic E-state index is 12.2. The number of hydrogen-bond acceptors (Lipinski definition) is 6. The zero-order valence-corrected chi connectivity index (χ0v) is 13.4. The number of hydrogen-bond donors (Lipinski definition) is 1. The fraction of sp³-hybridized carbons (Fsp3) is 0.364. The molecule has 21 heavy (non-hydrogen) atoms. The van der Waals surface area contributed by atoms with E-state index < -0.39 is 37.5 Å². The molecule has 0 radical (unpaired) electrons. The van der Waals surface area contributed by atoms with Crippen molar-refractivity contribution in [3.05, 3.63) is 34.4 Å². The van der Waals surface area contributed by atoms with Crippen LogP contribution in [0.4, 0.5) is 5.69 Å². The molecule has 0 aliphatic heterocycles. The van der Waals surface area contributed by atoms with E-state index in [-0.39, 0.29) is 6.42 Å². The number of nitro groups is 1. The average Bonchev–Trinajstić information content (AvgIpc) is 2.45. The van der Waals surface area contributed by atoms with Gasteiger partial charge in [-0.1, -0.05) is 28.1 Å². The number of methoxy groups -OCH3 is 1. The van der Waals surface area contributed by atoms with Crippen LogP contribution in [0.3, 0.4) is 0 Å². The van der Waals surface area contributed by atoms with Crippen LogP contribution in [0.15, 0.2) is 29.2 Å². The van der Waals surface area contributed by atoms with E-state index in [9.17, 15) is 23.3 Å². The second-order valence-corrected chi connectivity index (χ2v) is 6.37. The Morgan fingerprint density at radius 3 is 2.62 bits per heavy atom. The van der Waals surface area contributed by atoms with Crippen LogP contribution in [0.25, 0.3) is 0 Å². The van der Waals surface area contributed by atoms with Crippen molar-refractivity contribution in [1.29, 1.82) is 0 Å². The van der Waals surface area contributed by atoms with Gasteiger partial charge in [0.15, 0.2) is 4.90 Å². The summed E-state index contributed by atoms with van der Waals surface area (Å²) in [5.41, 5.74) is -0.563. The standard InChI is InChI=1S/C11H13BrN2O6S/c1-20-11(15)8(6-7-12)13-21(18,19)10-5-3-2-4-9(10)14(16)17/h2-5,8,13H,6-7H2,1H3/t8-/m0/s1. The van der Waals surface area contributed by atoms with E-state index in [1.165, 1.54) is 12.1 Å². The van der Waals surface area contributed by atoms with Gasteiger partial charge < -0.3 is 4.74 Å². The van der Waals surface area contributed by atoms with Crippen LogP contribution in [0.5, 0.6) is 0 Å². The lowest BCUT2D eigenvalue weighted by molar-refractivity contribution is -0.387. The predicted molar refractivity (Wildman–Crippen MR) is 77.6 cm³/mol. The van der Waals surface area contributed by atoms with Gasteiger partial charge in [-0.3, -0.25) is 14.9 Å². The van der Waals surface area contributed by atoms with Gasteiger partial charge in [-0.05, 0) is 12.5 Å². The first kappa shape index (κ1) is 17.5. The molecule has 0 bridgehead atoms. The number of rotatable bonds is 7. The monoisotopic (exact) mass is 380 g/mol. The molecule has 116 valence electrons. The molecule has 1 atom stereocenters. The molecule has 0 unspecified atom stereocenters. The molecule has 0 saturated heterocycles. The van der Waals surface area contributed by atoms with Gasteiger partial charge in [-0.15, -0.1) is 0 Å². The van der Waals surface area contributed by atoms with Crippen LogP contribution in [0.2, 0.25) is 0 Å². The molecule has 0 heterocycles. The largest absolute Gasteiger partial charge is 0.468 e. The minimum atomic E-state index is -4.23. The van der Waals surface area contributed by atoms with Crippen molar-refractivity contribution >= 4 is 37.6 Å². The fourth-order valence-electron chi connectivity index (χ4n) is 1.56. The number of alkyl halides is 1. The van der Waals surface area contributed by atoms with Crippen molar-refractivity contribution in [3.8, 4) is 0 Å². The number of carbonyl (C=O) groups excluding carboxylic acids is 1. The third kappa shape index (κ3) is 4.48. The highest BCUT2D eigenvalue weighted by Gasteiger charge is 2.30. The molecule has 0 aliphatic rings. The van der Waals surface area contributed by atoms with Crippen molar-refractivity contribution in [2.75, 3.05) is 12.4 Å². The Labute approximate surface area is 129 Å². The van der Waals surface area contributed by atoms with Gasteiger partial charge in [0.25, 0.3) is 5.69 Å². The SMILES string of the molecule is COC(=O)[C@H](CCBr)NS(=O)(=O)c1ccccc1[N+](=O)[O-]. The second-order valence-electron chi connectivity index (χ2n) is 3.90. The topological polar surface area (TPSA) is 116 Å². The summed E-state index contributed by atoms with van der Waals surface area (Å²) in [4.78, 5) is 21.1. The summed E-state index contributed by atoms with van der Waals surface area (Å²) >= 11 is 3.10. The first-order valence-corrected chi connectivity index (χ1v) is 8.33. The number of ether oxygens (including phenoxy) is 1. The van der Waals surface area contributed by atoms with Crippen LogP contribution in [-0.4, -0.2) is 37.8 Å². The molecule has 0 fully saturated rings. The van der Waals surface area contributed by atoms with Gasteiger partial charge in [0.2, 0.25) is 10.0 Å². The van der Waals surface area contributed by atoms with Crippen LogP contribution < -0.4 is 4.72 Å². The molecule has 1 N–H and O–H groups in total. The average molecular weight is 381 g/mol. The van der Waals surface area contributed by atoms with Crippen LogP contribution in [-0.2, 0) is 19.6 Å². The summed E-state index contributed by atoms with van der Waals surface area (Å²) in [5, 5.41) is 11.2. The highest BCUT2D eigenvalue weighted by Crippen LogP contribution is 2.23. The molecule has 1 aromatic rings. The van der Waals surface area contributed by atoms with Crippen molar-refractivity contribution in [2.24, 2.45) is 0 Å². The lowest BCUT2D eigenvalue weighted by Gasteiger charge is -2.15. The molecule has 0 aromatic heterocycles. The fourth-order valence-corrected chi connectivity index (χ4v) is 3.41. The Kier molecular flexibility index (Phi) is 6.24. The van der Waals surface area contributed by atoms with Crippen LogP contribution >= 0.6 is 15.9 Å². The highest BCUT2D eigenvalue weighted by molar-refractivity contribution is 9.09. The summed E-state index contributed by atoms with van der Waals surface area (Å²) < 4.78 is 31.1. The summed E-state index contributed by atoms with van der Waals surface area (Å²) in [6.45, 7) is 0. The van der Waals surface area contributed by atoms with E-state index in [2.05, 4.69) is 25.4 Å². The zero-order valence-electron chi connectivity index (χ0n) is 11.0. The van der Waals surface area contributed by atoms with Crippen molar-refractivity contribution in [2.45, 2.75) is 17.4 Å². The smallest absolute Gasteiger partial charge is 0.323 e. The molecule has 1 rings (SSSR count). The van der Waals surface area contributed by atoms with Crippen molar-refractivity contribution < 1.29 is 22.9 Å². The first-order valence-electron chi connectivity index (χ1n) is 5.73. The highest BCUT2D eigenvalue weighted by atomic mass is 79.9. The normalized spacial score (nSPS) is 12.7. The molecule has 0 spiro atoms. The first-order chi connectivity index (χ1) is 9.83. The third-order valence-electron chi connectivity index (χ3n) is 2.53. The van der Waals surface area contributed by atoms with Crippen molar-refractivity contribution in [1.82, 2.24) is 4.72 Å². The van der Waals surface area contributed by atoms with E-state index in [1.807, 2.05) is 0 Å². The lowest BCUT2D eigenvalue weighted by atomic mass is 10.2. The Morgan fingerprint density at radius 1 is 1.48 bits per heavy atom. The van der Waals surface area contributed by atoms with Crippen molar-refractivity contribution in [3.63, 3.8) is 0 Å². The van der Waals surface area contributed by atoms with Gasteiger partial charge >= 0.3 is 5.97 Å². The van der Waals surface area contributed by atoms with Crippen LogP contribution in [0.1, 0.15) is 6.42 Å². The zero-order chi connectivity index (χ0) is 16.0. The number of benzene rings is 1. The quantitative estimate of drug-likeness (QED) is 0.328. The molecule has 1 aromatic carbocycles. The van der Waals surface area contributed by atoms with E-state index >= 15 is 0 Å². The molecule has 0 aliphatic carbocycles. The molecular weight excluding hydrogens is 368 g/mol. The third-order valence-corrected chi connectivity index (χ3v) is 4.51. The van der Waals surface area contributed by atoms with Gasteiger partial charge in [0, 0.05) is 11.4 Å². The number of halogens is 1. The number of sulfonamides is 1. The predicted octanol–water partition coefficient (Wildman–Crippen LogP) is 1.20. The number of nitrogens with zero attached hydrogens (tertiary/aromatic N) is 1. The Morgan fingerprint density at radius 2 is 2.10 bits per heavy atom. The molecule has 0 saturated carbocycles. The summed E-state index contributed by atoms with van der Waals surface area (Å²) in [6.07, 6.45) is 0.145. The van der Waals surface area contributed by atoms with E-state index in [4.69, 9.17) is 0 Å². The second kappa shape index (κ2) is 7.48. The van der Waals surface area contributed by atoms with Gasteiger partial charge in [0.1, 0.15) is 6.04 Å². The van der Waals surface area contributed by atoms with Gasteiger partial charge in [-0.2, -0.15) is 4.72 Å². The van der Waals surface area contributed by atoms with E-state index in [0.717, 1.165) is 19.2 Å². The number of nitrogens with one attached hydrogen (secondary N) is 1. The number of esters is 1. The number of carbonyl (C=O) groups is 1. The lowest BCUT2D eigenvalue weighted by Crippen LogP contribution is -2.41. The summed E-state index contributed by atoms with van der Waals surface area (Å²) in [7, 11) is -3.10. The van der Waals surface area contributed by atoms with Gasteiger partial charge in [-0.25, -0.2) is 8.42 Å². The maximum atomic E-state index is 12.2. The maximum Gasteiger partial charge on any atom is 0.323 e. The van der Waals surface area contributed by atoms with Crippen LogP contribution in [0, 0.1) is 10.1 Å². The minimum absolute atomic E-state index is 0.145. The Balaban J connectivity index is 3.16. The van der Waals surface area contributed by atoms with E-state index in [1.54, 1.807) is 0 Å². The molecule has 10 heteroatoms. The summed E-state index contributed by atoms with van der Waals surface area (Å²) in [5.74, 6) is -0.767. The summed E-state index contributed by atoms with van der Waals surface area (Å²) in [6, 6.07) is 3.76. The number of nitro benzene ring substituents is 1.